The Kier molecular flexibility index (Phi) is 4.46. The molecule has 0 aliphatic carbocycles. The molecule has 0 radical (unpaired) electrons. The second-order valence-corrected chi connectivity index (χ2v) is 6.15. The largest absolute Gasteiger partial charge is 0.417 e. The van der Waals surface area contributed by atoms with Crippen molar-refractivity contribution < 1.29 is 23.1 Å². The third kappa shape index (κ3) is 3.08. The Bertz CT molecular complexity index is 593. The van der Waals surface area contributed by atoms with Crippen molar-refractivity contribution in [2.45, 2.75) is 38.5 Å². The second-order valence-electron chi connectivity index (χ2n) is 5.74. The SMILES string of the molecule is Cc1cc(Cl)c(C(=O)N2CCC(O)(C(F)(F)F)CC2)cc1C. The number of aryl methyl sites for hydroxylation is 2. The van der Waals surface area contributed by atoms with Gasteiger partial charge in [-0.2, -0.15) is 13.2 Å². The summed E-state index contributed by atoms with van der Waals surface area (Å²) in [6.45, 7) is 3.39. The maximum atomic E-state index is 12.8. The Labute approximate surface area is 131 Å². The molecule has 0 spiro atoms. The summed E-state index contributed by atoms with van der Waals surface area (Å²) in [7, 11) is 0. The van der Waals surface area contributed by atoms with E-state index in [0.29, 0.717) is 0 Å². The number of carbonyl (C=O) groups excluding carboxylic acids is 1. The van der Waals surface area contributed by atoms with Crippen LogP contribution in [0.3, 0.4) is 0 Å². The molecule has 1 saturated heterocycles. The topological polar surface area (TPSA) is 40.5 Å². The number of hydrogen-bond donors (Lipinski definition) is 1. The van der Waals surface area contributed by atoms with Gasteiger partial charge in [-0.1, -0.05) is 11.6 Å². The van der Waals surface area contributed by atoms with Crippen molar-refractivity contribution in [2.24, 2.45) is 0 Å². The number of aliphatic hydroxyl groups is 1. The minimum absolute atomic E-state index is 0.155. The Morgan fingerprint density at radius 1 is 1.23 bits per heavy atom. The molecule has 1 aromatic carbocycles. The summed E-state index contributed by atoms with van der Waals surface area (Å²) in [5, 5.41) is 9.91. The zero-order valence-corrected chi connectivity index (χ0v) is 13.1. The minimum Gasteiger partial charge on any atom is -0.380 e. The average Bonchev–Trinajstić information content (AvgIpc) is 2.42. The first-order valence-electron chi connectivity index (χ1n) is 6.90. The van der Waals surface area contributed by atoms with Crippen LogP contribution in [-0.4, -0.2) is 40.8 Å². The molecular formula is C15H17ClF3NO2. The Morgan fingerprint density at radius 3 is 2.23 bits per heavy atom. The summed E-state index contributed by atoms with van der Waals surface area (Å²) in [6, 6.07) is 3.31. The molecule has 1 N–H and O–H groups in total. The van der Waals surface area contributed by atoms with Gasteiger partial charge >= 0.3 is 6.18 Å². The van der Waals surface area contributed by atoms with E-state index < -0.39 is 30.5 Å². The number of hydrogen-bond acceptors (Lipinski definition) is 2. The molecule has 1 aliphatic rings. The summed E-state index contributed by atoms with van der Waals surface area (Å²) in [5.41, 5.74) is -0.609. The monoisotopic (exact) mass is 335 g/mol. The van der Waals surface area contributed by atoms with E-state index >= 15 is 0 Å². The molecule has 3 nitrogen and oxygen atoms in total. The highest BCUT2D eigenvalue weighted by atomic mass is 35.5. The predicted molar refractivity (Wildman–Crippen MR) is 77.1 cm³/mol. The van der Waals surface area contributed by atoms with E-state index in [4.69, 9.17) is 11.6 Å². The lowest BCUT2D eigenvalue weighted by molar-refractivity contribution is -0.271. The molecule has 0 bridgehead atoms. The first-order valence-corrected chi connectivity index (χ1v) is 7.28. The van der Waals surface area contributed by atoms with E-state index in [1.54, 1.807) is 12.1 Å². The first-order chi connectivity index (χ1) is 10.0. The van der Waals surface area contributed by atoms with Crippen molar-refractivity contribution in [1.82, 2.24) is 4.90 Å². The third-order valence-corrected chi connectivity index (χ3v) is 4.53. The average molecular weight is 336 g/mol. The van der Waals surface area contributed by atoms with Crippen molar-refractivity contribution in [3.8, 4) is 0 Å². The molecule has 122 valence electrons. The van der Waals surface area contributed by atoms with E-state index in [9.17, 15) is 23.1 Å². The number of halogens is 4. The molecule has 22 heavy (non-hydrogen) atoms. The number of benzene rings is 1. The fourth-order valence-electron chi connectivity index (χ4n) is 2.48. The number of likely N-dealkylation sites (tertiary alicyclic amines) is 1. The first kappa shape index (κ1) is 17.1. The highest BCUT2D eigenvalue weighted by Crippen LogP contribution is 2.38. The van der Waals surface area contributed by atoms with Crippen LogP contribution in [-0.2, 0) is 0 Å². The Balaban J connectivity index is 2.15. The molecule has 0 aromatic heterocycles. The number of nitrogens with zero attached hydrogens (tertiary/aromatic N) is 1. The number of alkyl halides is 3. The van der Waals surface area contributed by atoms with Crippen molar-refractivity contribution in [1.29, 1.82) is 0 Å². The molecule has 0 atom stereocenters. The van der Waals surface area contributed by atoms with Crippen LogP contribution in [0.15, 0.2) is 12.1 Å². The van der Waals surface area contributed by atoms with Crippen LogP contribution < -0.4 is 0 Å². The molecular weight excluding hydrogens is 319 g/mol. The van der Waals surface area contributed by atoms with Gasteiger partial charge in [0, 0.05) is 25.9 Å². The van der Waals surface area contributed by atoms with Crippen LogP contribution in [0.2, 0.25) is 5.02 Å². The van der Waals surface area contributed by atoms with Crippen LogP contribution in [0, 0.1) is 13.8 Å². The van der Waals surface area contributed by atoms with Gasteiger partial charge in [0.1, 0.15) is 0 Å². The van der Waals surface area contributed by atoms with Crippen LogP contribution in [0.4, 0.5) is 13.2 Å². The standard InChI is InChI=1S/C15H17ClF3NO2/c1-9-7-11(12(16)8-10(9)2)13(21)20-5-3-14(22,4-6-20)15(17,18)19/h7-8,22H,3-6H2,1-2H3. The summed E-state index contributed by atoms with van der Waals surface area (Å²) in [6.07, 6.45) is -5.73. The van der Waals surface area contributed by atoms with E-state index in [2.05, 4.69) is 0 Å². The van der Waals surface area contributed by atoms with Gasteiger partial charge in [0.25, 0.3) is 5.91 Å². The smallest absolute Gasteiger partial charge is 0.380 e. The summed E-state index contributed by atoms with van der Waals surface area (Å²) in [4.78, 5) is 13.7. The van der Waals surface area contributed by atoms with Gasteiger partial charge in [0.2, 0.25) is 0 Å². The van der Waals surface area contributed by atoms with E-state index in [1.165, 1.54) is 4.90 Å². The molecule has 1 aliphatic heterocycles. The number of piperidine rings is 1. The normalized spacial score (nSPS) is 18.4. The molecule has 0 unspecified atom stereocenters. The zero-order valence-electron chi connectivity index (χ0n) is 12.3. The summed E-state index contributed by atoms with van der Waals surface area (Å²) in [5.74, 6) is -0.405. The molecule has 1 heterocycles. The maximum absolute atomic E-state index is 12.8. The van der Waals surface area contributed by atoms with Crippen molar-refractivity contribution >= 4 is 17.5 Å². The fourth-order valence-corrected chi connectivity index (χ4v) is 2.78. The van der Waals surface area contributed by atoms with Gasteiger partial charge in [0.05, 0.1) is 10.6 Å². The highest BCUT2D eigenvalue weighted by Gasteiger charge is 2.54. The lowest BCUT2D eigenvalue weighted by Gasteiger charge is -2.39. The third-order valence-electron chi connectivity index (χ3n) is 4.22. The van der Waals surface area contributed by atoms with E-state index in [1.807, 2.05) is 13.8 Å². The quantitative estimate of drug-likeness (QED) is 0.853. The van der Waals surface area contributed by atoms with Gasteiger partial charge in [-0.25, -0.2) is 0 Å². The van der Waals surface area contributed by atoms with Crippen LogP contribution >= 0.6 is 11.6 Å². The lowest BCUT2D eigenvalue weighted by Crippen LogP contribution is -2.54. The number of rotatable bonds is 1. The number of carbonyl (C=O) groups is 1. The van der Waals surface area contributed by atoms with Crippen LogP contribution in [0.1, 0.15) is 34.3 Å². The van der Waals surface area contributed by atoms with Gasteiger partial charge in [-0.05, 0) is 37.1 Å². The van der Waals surface area contributed by atoms with Crippen LogP contribution in [0.25, 0.3) is 0 Å². The maximum Gasteiger partial charge on any atom is 0.417 e. The van der Waals surface area contributed by atoms with Crippen molar-refractivity contribution in [3.63, 3.8) is 0 Å². The lowest BCUT2D eigenvalue weighted by atomic mass is 9.90. The Morgan fingerprint density at radius 2 is 1.73 bits per heavy atom. The molecule has 1 aromatic rings. The molecule has 2 rings (SSSR count). The van der Waals surface area contributed by atoms with Gasteiger partial charge in [0.15, 0.2) is 5.60 Å². The van der Waals surface area contributed by atoms with E-state index in [-0.39, 0.29) is 23.7 Å². The molecule has 1 fully saturated rings. The molecule has 0 saturated carbocycles. The summed E-state index contributed by atoms with van der Waals surface area (Å²) >= 11 is 6.07. The van der Waals surface area contributed by atoms with Crippen LogP contribution in [0.5, 0.6) is 0 Å². The van der Waals surface area contributed by atoms with Gasteiger partial charge in [-0.15, -0.1) is 0 Å². The molecule has 7 heteroatoms. The van der Waals surface area contributed by atoms with Crippen molar-refractivity contribution in [3.05, 3.63) is 33.8 Å². The predicted octanol–water partition coefficient (Wildman–Crippen LogP) is 3.49. The minimum atomic E-state index is -4.68. The Hall–Kier alpha value is -1.27. The van der Waals surface area contributed by atoms with Gasteiger partial charge in [-0.3, -0.25) is 4.79 Å². The van der Waals surface area contributed by atoms with E-state index in [0.717, 1.165) is 11.1 Å². The molecule has 1 amide bonds. The van der Waals surface area contributed by atoms with Crippen molar-refractivity contribution in [2.75, 3.05) is 13.1 Å². The van der Waals surface area contributed by atoms with Gasteiger partial charge < -0.3 is 10.0 Å². The zero-order chi connectivity index (χ0) is 16.7. The summed E-state index contributed by atoms with van der Waals surface area (Å²) < 4.78 is 38.3. The highest BCUT2D eigenvalue weighted by molar-refractivity contribution is 6.34. The number of amides is 1. The fraction of sp³-hybridized carbons (Fsp3) is 0.533. The second kappa shape index (κ2) is 5.74.